The number of hydrogen-bond acceptors (Lipinski definition) is 24. The normalized spacial score (nSPS) is 16.5. The van der Waals surface area contributed by atoms with Crippen molar-refractivity contribution in [3.8, 4) is 0 Å². The van der Waals surface area contributed by atoms with Crippen molar-refractivity contribution >= 4 is 254 Å². The van der Waals surface area contributed by atoms with E-state index in [-0.39, 0.29) is 66.1 Å². The topological polar surface area (TPSA) is 449 Å². The molecule has 0 unspecified atom stereocenters. The SMILES string of the molecule is CN1C(=O)c2c(F)c(F)c3c4c(c(F)c(F)c(c24)C1=O)C(=O)N(C)C3=O.CN1C(=O)c2cc(Br)c3c4c(c(Br)c(Br)c(c24)C1=O)C(=O)N(C)C3=O.CN1C(=O)c2cc(F)c3c4c(c(F)c(F)c(c24)C1=O)C(=O)N(C)C3=O.CN1C(=O)c2cc(F)c3c4c(c(F)cc(c24)C1=O)C(=O)N(C)C3=O.CN1C(=O)c2cc(F)c3c4c(cc(F)c(c24)C1=O)C(=O)N(C)C3=O.CN1C(=O)c2ccc3c4c(ccc(c24)C1=O)C(=O)N(C)C3=O. The molecule has 0 bridgehead atoms. The molecule has 12 heterocycles. The van der Waals surface area contributed by atoms with E-state index in [2.05, 4.69) is 47.8 Å². The monoisotopic (exact) mass is 2200 g/mol. The molecule has 0 radical (unpaired) electrons. The van der Waals surface area contributed by atoms with Crippen LogP contribution in [0.1, 0.15) is 249 Å². The summed E-state index contributed by atoms with van der Waals surface area (Å²) in [6, 6.07) is 11.7. The molecular formula is C96H46Br3F11N12O24. The minimum Gasteiger partial charge on any atom is -0.277 e. The van der Waals surface area contributed by atoms with Gasteiger partial charge in [0.25, 0.3) is 142 Å². The highest BCUT2D eigenvalue weighted by Gasteiger charge is 2.52. The maximum absolute atomic E-state index is 14.5. The van der Waals surface area contributed by atoms with E-state index in [4.69, 9.17) is 0 Å². The molecule has 50 heteroatoms. The summed E-state index contributed by atoms with van der Waals surface area (Å²) in [5.41, 5.74) is -7.37. The fourth-order valence-corrected chi connectivity index (χ4v) is 21.0. The minimum absolute atomic E-state index is 0.0642. The van der Waals surface area contributed by atoms with Crippen LogP contribution in [0.4, 0.5) is 48.3 Å². The first-order valence-corrected chi connectivity index (χ1v) is 43.9. The van der Waals surface area contributed by atoms with Crippen molar-refractivity contribution in [2.45, 2.75) is 0 Å². The van der Waals surface area contributed by atoms with E-state index in [9.17, 15) is 163 Å². The summed E-state index contributed by atoms with van der Waals surface area (Å²) in [6.45, 7) is 0. The average molecular weight is 2200 g/mol. The Morgan fingerprint density at radius 3 is 0.527 bits per heavy atom. The van der Waals surface area contributed by atoms with E-state index < -0.39 is 294 Å². The van der Waals surface area contributed by atoms with Gasteiger partial charge in [0.2, 0.25) is 0 Å². The van der Waals surface area contributed by atoms with Crippen LogP contribution in [0, 0.1) is 64.0 Å². The van der Waals surface area contributed by atoms with Crippen LogP contribution in [-0.2, 0) is 0 Å². The third-order valence-corrected chi connectivity index (χ3v) is 29.5. The number of carbonyl (C=O) groups excluding carboxylic acids is 24. The van der Waals surface area contributed by atoms with Gasteiger partial charge in [-0.25, -0.2) is 48.3 Å². The number of halogens is 14. The summed E-state index contributed by atoms with van der Waals surface area (Å²) in [7, 11) is 14.0. The number of nitrogens with zero attached hydrogens (tertiary/aromatic N) is 12. The molecular weight excluding hydrogens is 2150 g/mol. The lowest BCUT2D eigenvalue weighted by Gasteiger charge is -2.31. The molecule has 12 aromatic rings. The molecule has 732 valence electrons. The fraction of sp³-hybridized carbons (Fsp3) is 0.125. The molecule has 12 aliphatic rings. The Kier molecular flexibility index (Phi) is 21.7. The Hall–Kier alpha value is -17.5. The van der Waals surface area contributed by atoms with Gasteiger partial charge in [-0.05, 0) is 108 Å². The number of amides is 24. The summed E-state index contributed by atoms with van der Waals surface area (Å²) in [4.78, 5) is 304. The largest absolute Gasteiger partial charge is 0.277 e. The van der Waals surface area contributed by atoms with E-state index in [1.54, 1.807) is 0 Å². The number of imide groups is 12. The van der Waals surface area contributed by atoms with Gasteiger partial charge in [0, 0.05) is 190 Å². The van der Waals surface area contributed by atoms with E-state index in [1.807, 2.05) is 0 Å². The van der Waals surface area contributed by atoms with Gasteiger partial charge in [-0.15, -0.1) is 0 Å². The molecule has 0 saturated heterocycles. The highest BCUT2D eigenvalue weighted by molar-refractivity contribution is 9.13. The van der Waals surface area contributed by atoms with Gasteiger partial charge in [0.05, 0.1) is 106 Å². The van der Waals surface area contributed by atoms with Crippen LogP contribution in [0.25, 0.3) is 64.6 Å². The van der Waals surface area contributed by atoms with Crippen LogP contribution in [0.3, 0.4) is 0 Å². The molecule has 0 aromatic heterocycles. The maximum Gasteiger partial charge on any atom is 0.264 e. The predicted octanol–water partition coefficient (Wildman–Crippen LogP) is 11.6. The first-order chi connectivity index (χ1) is 68.4. The molecule has 146 heavy (non-hydrogen) atoms. The second-order valence-electron chi connectivity index (χ2n) is 34.1. The Morgan fingerprint density at radius 1 is 0.151 bits per heavy atom. The van der Waals surface area contributed by atoms with Crippen molar-refractivity contribution in [2.75, 3.05) is 84.6 Å². The standard InChI is InChI=1S/C16H7Br3N2O4.C16H6F4N2O4.C16H7F3N2O4.2C16H8F2N2O4.C16H10N2O4/c1-20-13(22)4-3-5(17)7-8-6(4)9(15(20)24)11(18)12(19)10(8)16(25)21(2)14(7)23;1-21-13(23)5-3-4-7(11(19)9(5)17)15(25)22(2)16(26)8(4)12(20)10(18)6(3)14(21)24;1-20-13(22)4-3-5(17)7-8-6(4)9(15(20)24)11(18)12(19)10(8)16(25)21(2)14(7)23;1-19-13(21)5-3-8(18)12-10-6(14(22)20(2)16(12)24)4-7(17)11(9(5)10)15(19)23;1-19-13(21)5-3-7(17)10-12-9(5)6(14(19)22)4-8(18)11(12)16(24)20(2)15(10)23;1-17-13(19)7-3-5-9-12-10(16(22)18(2)15(9)21)6-4-8(11(7)12)14(17)20/h3H,1-2H3;1-2H3;3H,1-2H3;2*3-4H,1-2H3;3-6H,1-2H3. The number of benzene rings is 12. The van der Waals surface area contributed by atoms with Crippen molar-refractivity contribution in [3.05, 3.63) is 272 Å². The Labute approximate surface area is 827 Å². The molecule has 0 atom stereocenters. The molecule has 0 saturated carbocycles. The maximum atomic E-state index is 14.5. The average Bonchev–Trinajstić information content (AvgIpc) is 0.688. The lowest BCUT2D eigenvalue weighted by atomic mass is 9.84. The fourth-order valence-electron chi connectivity index (χ4n) is 19.3. The molecule has 24 amide bonds. The second-order valence-corrected chi connectivity index (χ2v) is 36.5. The third kappa shape index (κ3) is 12.4. The van der Waals surface area contributed by atoms with Crippen molar-refractivity contribution in [1.29, 1.82) is 0 Å². The second kappa shape index (κ2) is 32.5. The summed E-state index contributed by atoms with van der Waals surface area (Å²) in [5.74, 6) is -35.9. The summed E-state index contributed by atoms with van der Waals surface area (Å²) < 4.78 is 161. The van der Waals surface area contributed by atoms with Crippen LogP contribution >= 0.6 is 47.8 Å². The zero-order valence-electron chi connectivity index (χ0n) is 75.2. The van der Waals surface area contributed by atoms with Crippen molar-refractivity contribution < 1.29 is 163 Å². The Morgan fingerprint density at radius 2 is 0.281 bits per heavy atom. The third-order valence-electron chi connectivity index (χ3n) is 26.7. The van der Waals surface area contributed by atoms with Crippen molar-refractivity contribution in [2.24, 2.45) is 0 Å². The molecule has 12 aromatic carbocycles. The summed E-state index contributed by atoms with van der Waals surface area (Å²) in [5, 5.41) is -1.85. The molecule has 0 aliphatic carbocycles. The zero-order chi connectivity index (χ0) is 107. The van der Waals surface area contributed by atoms with E-state index >= 15 is 0 Å². The Balaban J connectivity index is 0.000000111. The summed E-state index contributed by atoms with van der Waals surface area (Å²) in [6.07, 6.45) is 0. The van der Waals surface area contributed by atoms with Gasteiger partial charge in [-0.3, -0.25) is 174 Å². The highest BCUT2D eigenvalue weighted by Crippen LogP contribution is 2.52. The number of carbonyl (C=O) groups is 24. The van der Waals surface area contributed by atoms with Gasteiger partial charge in [0.15, 0.2) is 34.9 Å². The molecule has 12 aliphatic heterocycles. The predicted molar refractivity (Wildman–Crippen MR) is 483 cm³/mol. The van der Waals surface area contributed by atoms with Gasteiger partial charge >= 0.3 is 0 Å². The van der Waals surface area contributed by atoms with Crippen molar-refractivity contribution in [3.63, 3.8) is 0 Å². The van der Waals surface area contributed by atoms with Crippen molar-refractivity contribution in [1.82, 2.24) is 58.8 Å². The first kappa shape index (κ1) is 97.4. The van der Waals surface area contributed by atoms with E-state index in [1.165, 1.54) is 65.6 Å². The highest BCUT2D eigenvalue weighted by atomic mass is 79.9. The van der Waals surface area contributed by atoms with E-state index in [0.29, 0.717) is 97.6 Å². The lowest BCUT2D eigenvalue weighted by molar-refractivity contribution is 0.0617. The quantitative estimate of drug-likeness (QED) is 0.100. The van der Waals surface area contributed by atoms with Gasteiger partial charge in [-0.2, -0.15) is 0 Å². The van der Waals surface area contributed by atoms with E-state index in [0.717, 1.165) is 98.1 Å². The Bertz CT molecular complexity index is 8350. The first-order valence-electron chi connectivity index (χ1n) is 41.6. The van der Waals surface area contributed by atoms with Crippen LogP contribution in [0.2, 0.25) is 0 Å². The van der Waals surface area contributed by atoms with Crippen LogP contribution in [0.5, 0.6) is 0 Å². The van der Waals surface area contributed by atoms with Crippen LogP contribution < -0.4 is 0 Å². The molecule has 36 nitrogen and oxygen atoms in total. The zero-order valence-corrected chi connectivity index (χ0v) is 80.0. The lowest BCUT2D eigenvalue weighted by Crippen LogP contribution is -2.43. The molecule has 0 spiro atoms. The molecule has 0 fully saturated rings. The smallest absolute Gasteiger partial charge is 0.264 e. The molecule has 0 N–H and O–H groups in total. The van der Waals surface area contributed by atoms with Gasteiger partial charge in [0.1, 0.15) is 29.1 Å². The molecule has 24 rings (SSSR count). The van der Waals surface area contributed by atoms with Crippen LogP contribution in [0.15, 0.2) is 74.1 Å². The summed E-state index contributed by atoms with van der Waals surface area (Å²) >= 11 is 10.1. The minimum atomic E-state index is -1.79. The van der Waals surface area contributed by atoms with Crippen LogP contribution in [-0.4, -0.2) is 285 Å². The van der Waals surface area contributed by atoms with Gasteiger partial charge < -0.3 is 0 Å². The number of rotatable bonds is 0. The van der Waals surface area contributed by atoms with Gasteiger partial charge in [-0.1, -0.05) is 0 Å². The number of hydrogen-bond donors (Lipinski definition) is 0.